The van der Waals surface area contributed by atoms with Crippen LogP contribution < -0.4 is 0 Å². The fourth-order valence-electron chi connectivity index (χ4n) is 1.75. The van der Waals surface area contributed by atoms with Crippen molar-refractivity contribution < 1.29 is 13.6 Å². The lowest BCUT2D eigenvalue weighted by molar-refractivity contribution is 0.0986. The summed E-state index contributed by atoms with van der Waals surface area (Å²) in [6, 6.07) is 15.4. The van der Waals surface area contributed by atoms with Crippen LogP contribution >= 0.6 is 15.9 Å². The molecule has 19 heavy (non-hydrogen) atoms. The lowest BCUT2D eigenvalue weighted by atomic mass is 10.0. The average molecular weight is 339 g/mol. The van der Waals surface area contributed by atoms with Crippen LogP contribution in [0, 0.1) is 0 Å². The fraction of sp³-hybridized carbons (Fsp3) is 0.0714. The Morgan fingerprint density at radius 1 is 1.05 bits per heavy atom. The molecule has 0 amide bonds. The van der Waals surface area contributed by atoms with Crippen LogP contribution in [0.25, 0.3) is 0 Å². The van der Waals surface area contributed by atoms with Gasteiger partial charge in [-0.1, -0.05) is 58.4 Å². The quantitative estimate of drug-likeness (QED) is 0.684. The van der Waals surface area contributed by atoms with Crippen molar-refractivity contribution in [3.63, 3.8) is 0 Å². The molecule has 0 fully saturated rings. The maximum Gasteiger partial charge on any atom is 0.185 e. The van der Waals surface area contributed by atoms with Crippen molar-refractivity contribution in [2.45, 2.75) is 5.25 Å². The summed E-state index contributed by atoms with van der Waals surface area (Å²) in [5.41, 5.74) is 0.954. The average Bonchev–Trinajstić information content (AvgIpc) is 2.40. The molecule has 2 aromatic carbocycles. The minimum atomic E-state index is -2.25. The van der Waals surface area contributed by atoms with Crippen molar-refractivity contribution in [2.24, 2.45) is 0 Å². The highest BCUT2D eigenvalue weighted by Crippen LogP contribution is 2.24. The molecule has 0 aliphatic carbocycles. The molecule has 0 aromatic heterocycles. The van der Waals surface area contributed by atoms with Gasteiger partial charge in [-0.3, -0.25) is 4.79 Å². The number of carbonyl (C=O) groups excluding carboxylic acids is 1. The van der Waals surface area contributed by atoms with E-state index >= 15 is 0 Å². The summed E-state index contributed by atoms with van der Waals surface area (Å²) in [6.45, 7) is 0. The Hall–Kier alpha value is -1.30. The topological polar surface area (TPSA) is 54.4 Å². The molecular weight excluding hydrogens is 328 g/mol. The highest BCUT2D eigenvalue weighted by Gasteiger charge is 2.27. The van der Waals surface area contributed by atoms with Gasteiger partial charge in [-0.15, -0.1) is 0 Å². The maximum absolute atomic E-state index is 12.3. The van der Waals surface area contributed by atoms with Crippen molar-refractivity contribution in [3.05, 3.63) is 70.2 Å². The Balaban J connectivity index is 2.38. The first-order chi connectivity index (χ1) is 9.09. The van der Waals surface area contributed by atoms with Crippen LogP contribution in [-0.4, -0.2) is 14.5 Å². The van der Waals surface area contributed by atoms with Crippen LogP contribution in [-0.2, 0) is 11.1 Å². The molecular formula is C14H11BrO3S. The predicted molar refractivity (Wildman–Crippen MR) is 78.4 cm³/mol. The summed E-state index contributed by atoms with van der Waals surface area (Å²) in [5, 5.41) is -1.05. The van der Waals surface area contributed by atoms with Crippen LogP contribution in [0.5, 0.6) is 0 Å². The van der Waals surface area contributed by atoms with Crippen molar-refractivity contribution >= 4 is 32.8 Å². The second kappa shape index (κ2) is 6.23. The molecule has 2 rings (SSSR count). The van der Waals surface area contributed by atoms with Gasteiger partial charge < -0.3 is 4.55 Å². The van der Waals surface area contributed by atoms with Crippen LogP contribution in [0.2, 0.25) is 0 Å². The molecule has 0 radical (unpaired) electrons. The van der Waals surface area contributed by atoms with Crippen molar-refractivity contribution in [3.8, 4) is 0 Å². The standard InChI is InChI=1S/C14H11BrO3S/c15-12-8-6-10(7-9-12)13(16)14(19(17)18)11-4-2-1-3-5-11/h1-9,14H,(H,17,18). The van der Waals surface area contributed by atoms with E-state index in [9.17, 15) is 13.6 Å². The molecule has 0 spiro atoms. The summed E-state index contributed by atoms with van der Waals surface area (Å²) in [6.07, 6.45) is 0. The van der Waals surface area contributed by atoms with E-state index in [1.807, 2.05) is 0 Å². The summed E-state index contributed by atoms with van der Waals surface area (Å²) in [5.74, 6) is -0.362. The van der Waals surface area contributed by atoms with Crippen molar-refractivity contribution in [1.29, 1.82) is 0 Å². The number of ketones is 1. The first kappa shape index (κ1) is 14.1. The van der Waals surface area contributed by atoms with E-state index < -0.39 is 16.3 Å². The largest absolute Gasteiger partial charge is 0.305 e. The van der Waals surface area contributed by atoms with E-state index in [1.54, 1.807) is 54.6 Å². The summed E-state index contributed by atoms with van der Waals surface area (Å²) < 4.78 is 21.7. The van der Waals surface area contributed by atoms with Gasteiger partial charge >= 0.3 is 0 Å². The Morgan fingerprint density at radius 3 is 2.16 bits per heavy atom. The van der Waals surface area contributed by atoms with Gasteiger partial charge in [-0.25, -0.2) is 4.21 Å². The lowest BCUT2D eigenvalue weighted by Crippen LogP contribution is -2.17. The Kier molecular flexibility index (Phi) is 4.63. The van der Waals surface area contributed by atoms with Gasteiger partial charge in [0.2, 0.25) is 0 Å². The highest BCUT2D eigenvalue weighted by molar-refractivity contribution is 9.10. The van der Waals surface area contributed by atoms with Crippen LogP contribution in [0.3, 0.4) is 0 Å². The van der Waals surface area contributed by atoms with Crippen molar-refractivity contribution in [2.75, 3.05) is 0 Å². The third kappa shape index (κ3) is 3.37. The Morgan fingerprint density at radius 2 is 1.63 bits per heavy atom. The molecule has 0 heterocycles. The van der Waals surface area contributed by atoms with Gasteiger partial charge in [0.15, 0.2) is 16.9 Å². The molecule has 3 nitrogen and oxygen atoms in total. The van der Waals surface area contributed by atoms with E-state index in [0.29, 0.717) is 11.1 Å². The van der Waals surface area contributed by atoms with E-state index in [1.165, 1.54) is 0 Å². The molecule has 1 N–H and O–H groups in total. The van der Waals surface area contributed by atoms with Gasteiger partial charge in [-0.05, 0) is 17.7 Å². The second-order valence-corrected chi connectivity index (χ2v) is 5.88. The van der Waals surface area contributed by atoms with Gasteiger partial charge in [-0.2, -0.15) is 0 Å². The third-order valence-corrected chi connectivity index (χ3v) is 4.09. The number of Topliss-reactive ketones (excluding diaryl/α,β-unsaturated/α-hetero) is 1. The van der Waals surface area contributed by atoms with Crippen LogP contribution in [0.4, 0.5) is 0 Å². The first-order valence-electron chi connectivity index (χ1n) is 5.54. The number of carbonyl (C=O) groups is 1. The number of hydrogen-bond donors (Lipinski definition) is 1. The normalized spacial score (nSPS) is 13.8. The zero-order chi connectivity index (χ0) is 13.8. The minimum absolute atomic E-state index is 0.362. The minimum Gasteiger partial charge on any atom is -0.305 e. The van der Waals surface area contributed by atoms with Crippen molar-refractivity contribution in [1.82, 2.24) is 0 Å². The second-order valence-electron chi connectivity index (χ2n) is 3.94. The number of hydrogen-bond acceptors (Lipinski definition) is 2. The highest BCUT2D eigenvalue weighted by atomic mass is 79.9. The SMILES string of the molecule is O=C(c1ccc(Br)cc1)C(c1ccccc1)S(=O)O. The molecule has 0 aliphatic heterocycles. The molecule has 2 unspecified atom stereocenters. The van der Waals surface area contributed by atoms with Crippen LogP contribution in [0.15, 0.2) is 59.1 Å². The van der Waals surface area contributed by atoms with Crippen LogP contribution in [0.1, 0.15) is 21.2 Å². The summed E-state index contributed by atoms with van der Waals surface area (Å²) >= 11 is 1.03. The number of rotatable bonds is 4. The summed E-state index contributed by atoms with van der Waals surface area (Å²) in [4.78, 5) is 12.3. The first-order valence-corrected chi connectivity index (χ1v) is 7.50. The molecule has 0 saturated heterocycles. The fourth-order valence-corrected chi connectivity index (χ4v) is 2.73. The monoisotopic (exact) mass is 338 g/mol. The molecule has 0 saturated carbocycles. The smallest absolute Gasteiger partial charge is 0.185 e. The molecule has 98 valence electrons. The Labute approximate surface area is 122 Å². The zero-order valence-electron chi connectivity index (χ0n) is 9.82. The van der Waals surface area contributed by atoms with E-state index in [4.69, 9.17) is 0 Å². The van der Waals surface area contributed by atoms with Gasteiger partial charge in [0.1, 0.15) is 5.25 Å². The number of benzene rings is 2. The molecule has 5 heteroatoms. The Bertz CT molecular complexity index is 596. The number of halogens is 1. The lowest BCUT2D eigenvalue weighted by Gasteiger charge is -2.12. The summed E-state index contributed by atoms with van der Waals surface area (Å²) in [7, 11) is 0. The third-order valence-electron chi connectivity index (χ3n) is 2.67. The molecule has 2 aromatic rings. The van der Waals surface area contributed by atoms with Gasteiger partial charge in [0, 0.05) is 10.0 Å². The molecule has 0 bridgehead atoms. The van der Waals surface area contributed by atoms with E-state index in [0.717, 1.165) is 4.47 Å². The zero-order valence-corrected chi connectivity index (χ0v) is 12.2. The van der Waals surface area contributed by atoms with E-state index in [2.05, 4.69) is 15.9 Å². The van der Waals surface area contributed by atoms with Gasteiger partial charge in [0.25, 0.3) is 0 Å². The maximum atomic E-state index is 12.3. The predicted octanol–water partition coefficient (Wildman–Crippen LogP) is 3.59. The molecule has 0 aliphatic rings. The van der Waals surface area contributed by atoms with Gasteiger partial charge in [0.05, 0.1) is 0 Å². The molecule has 2 atom stereocenters. The van der Waals surface area contributed by atoms with E-state index in [-0.39, 0.29) is 5.78 Å².